The van der Waals surface area contributed by atoms with Gasteiger partial charge in [-0.1, -0.05) is 23.7 Å². The zero-order valence-electron chi connectivity index (χ0n) is 15.5. The molecule has 0 spiro atoms. The number of carbonyl (C=O) groups is 2. The molecule has 1 N–H and O–H groups in total. The number of ether oxygens (including phenoxy) is 2. The third-order valence-corrected chi connectivity index (χ3v) is 5.38. The molecule has 29 heavy (non-hydrogen) atoms. The van der Waals surface area contributed by atoms with Crippen LogP contribution in [0.15, 0.2) is 46.4 Å². The quantitative estimate of drug-likeness (QED) is 0.387. The molecular formula is C20H16BrClN2O4S. The highest BCUT2D eigenvalue weighted by Gasteiger charge is 2.30. The fourth-order valence-corrected chi connectivity index (χ4v) is 3.49. The SMILES string of the molecule is COc1cc(/C=C2\C(=O)NC(=S)N(C)C2=O)cc(Br)c1OCc1ccc(Cl)cc1. The molecule has 0 bridgehead atoms. The number of nitrogens with one attached hydrogen (secondary N) is 1. The molecule has 1 saturated heterocycles. The number of likely N-dealkylation sites (N-methyl/N-ethyl adjacent to an activating group) is 1. The van der Waals surface area contributed by atoms with Crippen molar-refractivity contribution in [1.29, 1.82) is 0 Å². The summed E-state index contributed by atoms with van der Waals surface area (Å²) >= 11 is 14.3. The summed E-state index contributed by atoms with van der Waals surface area (Å²) in [4.78, 5) is 25.7. The topological polar surface area (TPSA) is 67.9 Å². The molecule has 150 valence electrons. The number of carbonyl (C=O) groups excluding carboxylic acids is 2. The van der Waals surface area contributed by atoms with Gasteiger partial charge in [-0.05, 0) is 69.6 Å². The molecule has 9 heteroatoms. The van der Waals surface area contributed by atoms with Crippen LogP contribution >= 0.6 is 39.7 Å². The minimum Gasteiger partial charge on any atom is -0.493 e. The lowest BCUT2D eigenvalue weighted by Gasteiger charge is -2.25. The first-order chi connectivity index (χ1) is 13.8. The number of benzene rings is 2. The monoisotopic (exact) mass is 494 g/mol. The highest BCUT2D eigenvalue weighted by atomic mass is 79.9. The van der Waals surface area contributed by atoms with Crippen LogP contribution in [0.2, 0.25) is 5.02 Å². The van der Waals surface area contributed by atoms with Crippen LogP contribution in [0, 0.1) is 0 Å². The molecule has 6 nitrogen and oxygen atoms in total. The largest absolute Gasteiger partial charge is 0.493 e. The molecule has 0 unspecified atom stereocenters. The summed E-state index contributed by atoms with van der Waals surface area (Å²) in [5.41, 5.74) is 1.51. The maximum Gasteiger partial charge on any atom is 0.265 e. The van der Waals surface area contributed by atoms with Gasteiger partial charge in [0, 0.05) is 12.1 Å². The maximum atomic E-state index is 12.4. The standard InChI is InChI=1S/C20H16BrClN2O4S/c1-24-19(26)14(18(25)23-20(24)29)7-12-8-15(21)17(16(9-12)27-2)28-10-11-3-5-13(22)6-4-11/h3-9H,10H2,1-2H3,(H,23,25,29)/b14-7+. The lowest BCUT2D eigenvalue weighted by molar-refractivity contribution is -0.128. The second kappa shape index (κ2) is 8.94. The molecule has 1 fully saturated rings. The van der Waals surface area contributed by atoms with Crippen molar-refractivity contribution in [2.24, 2.45) is 0 Å². The van der Waals surface area contributed by atoms with Crippen LogP contribution in [0.5, 0.6) is 11.5 Å². The number of methoxy groups -OCH3 is 1. The third kappa shape index (κ3) is 4.77. The Bertz CT molecular complexity index is 1020. The van der Waals surface area contributed by atoms with Crippen LogP contribution in [0.4, 0.5) is 0 Å². The van der Waals surface area contributed by atoms with Crippen LogP contribution in [-0.4, -0.2) is 36.0 Å². The summed E-state index contributed by atoms with van der Waals surface area (Å²) in [6, 6.07) is 10.7. The Morgan fingerprint density at radius 3 is 2.59 bits per heavy atom. The van der Waals surface area contributed by atoms with Gasteiger partial charge in [0.1, 0.15) is 12.2 Å². The highest BCUT2D eigenvalue weighted by Crippen LogP contribution is 2.38. The molecule has 1 aliphatic heterocycles. The number of rotatable bonds is 5. The summed E-state index contributed by atoms with van der Waals surface area (Å²) < 4.78 is 11.9. The van der Waals surface area contributed by atoms with Crippen LogP contribution < -0.4 is 14.8 Å². The maximum absolute atomic E-state index is 12.4. The molecule has 0 aromatic heterocycles. The zero-order valence-corrected chi connectivity index (χ0v) is 18.7. The normalized spacial score (nSPS) is 15.5. The van der Waals surface area contributed by atoms with E-state index >= 15 is 0 Å². The molecule has 0 atom stereocenters. The molecule has 2 aromatic carbocycles. The second-order valence-corrected chi connectivity index (χ2v) is 7.81. The van der Waals surface area contributed by atoms with Gasteiger partial charge in [0.25, 0.3) is 11.8 Å². The molecule has 0 aliphatic carbocycles. The van der Waals surface area contributed by atoms with Gasteiger partial charge in [0.2, 0.25) is 0 Å². The van der Waals surface area contributed by atoms with Crippen molar-refractivity contribution in [3.05, 3.63) is 62.6 Å². The van der Waals surface area contributed by atoms with Gasteiger partial charge in [-0.15, -0.1) is 0 Å². The van der Waals surface area contributed by atoms with Crippen molar-refractivity contribution < 1.29 is 19.1 Å². The van der Waals surface area contributed by atoms with E-state index in [1.165, 1.54) is 25.1 Å². The Labute approximate surface area is 186 Å². The van der Waals surface area contributed by atoms with Gasteiger partial charge in [0.15, 0.2) is 16.6 Å². The van der Waals surface area contributed by atoms with Crippen LogP contribution in [0.3, 0.4) is 0 Å². The van der Waals surface area contributed by atoms with E-state index in [1.54, 1.807) is 24.3 Å². The van der Waals surface area contributed by atoms with Gasteiger partial charge in [0.05, 0.1) is 11.6 Å². The Morgan fingerprint density at radius 2 is 1.93 bits per heavy atom. The minimum atomic E-state index is -0.545. The summed E-state index contributed by atoms with van der Waals surface area (Å²) in [5, 5.41) is 3.20. The average Bonchev–Trinajstić information content (AvgIpc) is 2.69. The number of nitrogens with zero attached hydrogens (tertiary/aromatic N) is 1. The predicted octanol–water partition coefficient (Wildman–Crippen LogP) is 3.95. The second-order valence-electron chi connectivity index (χ2n) is 6.13. The average molecular weight is 496 g/mol. The number of hydrogen-bond acceptors (Lipinski definition) is 5. The number of amides is 2. The molecule has 0 saturated carbocycles. The van der Waals surface area contributed by atoms with Crippen LogP contribution in [0.1, 0.15) is 11.1 Å². The predicted molar refractivity (Wildman–Crippen MR) is 118 cm³/mol. The van der Waals surface area contributed by atoms with E-state index in [2.05, 4.69) is 21.2 Å². The third-order valence-electron chi connectivity index (χ3n) is 4.16. The lowest BCUT2D eigenvalue weighted by Crippen LogP contribution is -2.52. The van der Waals surface area contributed by atoms with Crippen molar-refractivity contribution in [1.82, 2.24) is 10.2 Å². The van der Waals surface area contributed by atoms with E-state index in [0.29, 0.717) is 33.2 Å². The fraction of sp³-hybridized carbons (Fsp3) is 0.150. The van der Waals surface area contributed by atoms with Crippen LogP contribution in [0.25, 0.3) is 6.08 Å². The first kappa shape index (κ1) is 21.3. The number of halogens is 2. The first-order valence-electron chi connectivity index (χ1n) is 8.40. The van der Waals surface area contributed by atoms with Crippen molar-refractivity contribution in [2.75, 3.05) is 14.2 Å². The molecule has 2 aromatic rings. The molecule has 0 radical (unpaired) electrons. The minimum absolute atomic E-state index is 0.0233. The van der Waals surface area contributed by atoms with Gasteiger partial charge < -0.3 is 9.47 Å². The molecule has 2 amide bonds. The summed E-state index contributed by atoms with van der Waals surface area (Å²) in [6.45, 7) is 0.315. The summed E-state index contributed by atoms with van der Waals surface area (Å²) in [7, 11) is 3.01. The highest BCUT2D eigenvalue weighted by molar-refractivity contribution is 9.10. The smallest absolute Gasteiger partial charge is 0.265 e. The lowest BCUT2D eigenvalue weighted by atomic mass is 10.1. The van der Waals surface area contributed by atoms with Crippen LogP contribution in [-0.2, 0) is 16.2 Å². The number of hydrogen-bond donors (Lipinski definition) is 1. The molecular weight excluding hydrogens is 480 g/mol. The number of thiocarbonyl (C=S) groups is 1. The van der Waals surface area contributed by atoms with Crippen molar-refractivity contribution >= 4 is 62.8 Å². The molecule has 3 rings (SSSR count). The molecule has 1 heterocycles. The Kier molecular flexibility index (Phi) is 6.56. The summed E-state index contributed by atoms with van der Waals surface area (Å²) in [6.07, 6.45) is 1.48. The fourth-order valence-electron chi connectivity index (χ4n) is 2.61. The zero-order chi connectivity index (χ0) is 21.1. The summed E-state index contributed by atoms with van der Waals surface area (Å²) in [5.74, 6) is -0.0665. The van der Waals surface area contributed by atoms with Gasteiger partial charge in [-0.2, -0.15) is 0 Å². The van der Waals surface area contributed by atoms with Gasteiger partial charge in [-0.3, -0.25) is 19.8 Å². The Balaban J connectivity index is 1.88. The van der Waals surface area contributed by atoms with Gasteiger partial charge >= 0.3 is 0 Å². The van der Waals surface area contributed by atoms with E-state index in [1.807, 2.05) is 12.1 Å². The Morgan fingerprint density at radius 1 is 1.24 bits per heavy atom. The van der Waals surface area contributed by atoms with Crippen molar-refractivity contribution in [3.63, 3.8) is 0 Å². The van der Waals surface area contributed by atoms with E-state index in [0.717, 1.165) is 5.56 Å². The van der Waals surface area contributed by atoms with Crippen molar-refractivity contribution in [2.45, 2.75) is 6.61 Å². The first-order valence-corrected chi connectivity index (χ1v) is 9.98. The van der Waals surface area contributed by atoms with E-state index in [-0.39, 0.29) is 10.7 Å². The Hall–Kier alpha value is -2.42. The van der Waals surface area contributed by atoms with Gasteiger partial charge in [-0.25, -0.2) is 0 Å². The van der Waals surface area contributed by atoms with E-state index in [9.17, 15) is 9.59 Å². The van der Waals surface area contributed by atoms with Crippen molar-refractivity contribution in [3.8, 4) is 11.5 Å². The van der Waals surface area contributed by atoms with E-state index < -0.39 is 11.8 Å². The molecule has 1 aliphatic rings. The van der Waals surface area contributed by atoms with E-state index in [4.69, 9.17) is 33.3 Å².